The summed E-state index contributed by atoms with van der Waals surface area (Å²) < 4.78 is 6.05. The van der Waals surface area contributed by atoms with Gasteiger partial charge in [-0.3, -0.25) is 4.79 Å². The molecule has 2 saturated carbocycles. The summed E-state index contributed by atoms with van der Waals surface area (Å²) in [6.07, 6.45) is 5.40. The highest BCUT2D eigenvalue weighted by Crippen LogP contribution is 2.66. The van der Waals surface area contributed by atoms with Crippen LogP contribution in [0.2, 0.25) is 0 Å². The highest BCUT2D eigenvalue weighted by molar-refractivity contribution is 5.18. The molecule has 1 N–H and O–H groups in total. The van der Waals surface area contributed by atoms with Gasteiger partial charge >= 0.3 is 0 Å². The monoisotopic (exact) mass is 248 g/mol. The van der Waals surface area contributed by atoms with Gasteiger partial charge in [-0.1, -0.05) is 20.8 Å². The molecular formula is C14H20N2O2. The molecule has 2 bridgehead atoms. The molecule has 2 fully saturated rings. The molecule has 3 atom stereocenters. The lowest BCUT2D eigenvalue weighted by atomic mass is 9.70. The molecule has 0 aromatic carbocycles. The smallest absolute Gasteiger partial charge is 0.267 e. The fourth-order valence-corrected chi connectivity index (χ4v) is 3.90. The van der Waals surface area contributed by atoms with Crippen molar-refractivity contribution in [2.24, 2.45) is 16.7 Å². The van der Waals surface area contributed by atoms with E-state index in [1.54, 1.807) is 6.20 Å². The van der Waals surface area contributed by atoms with Crippen LogP contribution in [0.3, 0.4) is 0 Å². The number of ether oxygens (including phenoxy) is 1. The number of hydrogen-bond acceptors (Lipinski definition) is 3. The van der Waals surface area contributed by atoms with Gasteiger partial charge in [0.1, 0.15) is 11.9 Å². The molecule has 2 aliphatic rings. The number of rotatable bonds is 2. The zero-order valence-electron chi connectivity index (χ0n) is 11.2. The van der Waals surface area contributed by atoms with Crippen molar-refractivity contribution >= 4 is 0 Å². The lowest BCUT2D eigenvalue weighted by Gasteiger charge is -2.38. The minimum atomic E-state index is -0.208. The number of hydrogen-bond donors (Lipinski definition) is 1. The summed E-state index contributed by atoms with van der Waals surface area (Å²) in [4.78, 5) is 11.2. The molecule has 3 unspecified atom stereocenters. The van der Waals surface area contributed by atoms with Crippen LogP contribution >= 0.6 is 0 Å². The number of nitrogens with one attached hydrogen (secondary N) is 1. The molecule has 2 aliphatic carbocycles. The Balaban J connectivity index is 1.86. The summed E-state index contributed by atoms with van der Waals surface area (Å²) in [5.74, 6) is 1.33. The molecule has 0 radical (unpaired) electrons. The largest absolute Gasteiger partial charge is 0.488 e. The first kappa shape index (κ1) is 11.8. The van der Waals surface area contributed by atoms with Gasteiger partial charge < -0.3 is 4.74 Å². The number of nitrogens with zero attached hydrogens (tertiary/aromatic N) is 1. The van der Waals surface area contributed by atoms with Crippen LogP contribution < -0.4 is 10.3 Å². The third-order valence-electron chi connectivity index (χ3n) is 5.63. The number of aromatic nitrogens is 2. The molecule has 98 valence electrons. The second-order valence-corrected chi connectivity index (χ2v) is 6.50. The van der Waals surface area contributed by atoms with Gasteiger partial charge in [-0.25, -0.2) is 5.10 Å². The van der Waals surface area contributed by atoms with Crippen molar-refractivity contribution in [3.63, 3.8) is 0 Å². The molecule has 18 heavy (non-hydrogen) atoms. The molecule has 1 aromatic heterocycles. The van der Waals surface area contributed by atoms with Gasteiger partial charge in [0.15, 0.2) is 0 Å². The van der Waals surface area contributed by atoms with Crippen molar-refractivity contribution in [2.75, 3.05) is 0 Å². The Morgan fingerprint density at radius 1 is 1.44 bits per heavy atom. The summed E-state index contributed by atoms with van der Waals surface area (Å²) in [7, 11) is 0. The van der Waals surface area contributed by atoms with Crippen molar-refractivity contribution in [2.45, 2.75) is 46.1 Å². The molecular weight excluding hydrogens is 228 g/mol. The first-order valence-electron chi connectivity index (χ1n) is 6.65. The van der Waals surface area contributed by atoms with Gasteiger partial charge in [-0.05, 0) is 30.6 Å². The van der Waals surface area contributed by atoms with E-state index in [9.17, 15) is 4.79 Å². The number of aromatic amines is 1. The van der Waals surface area contributed by atoms with Crippen molar-refractivity contribution < 1.29 is 4.74 Å². The van der Waals surface area contributed by atoms with Gasteiger partial charge in [0.25, 0.3) is 5.56 Å². The highest BCUT2D eigenvalue weighted by atomic mass is 16.5. The highest BCUT2D eigenvalue weighted by Gasteiger charge is 2.62. The van der Waals surface area contributed by atoms with Gasteiger partial charge in [0.2, 0.25) is 0 Å². The third kappa shape index (κ3) is 1.44. The predicted molar refractivity (Wildman–Crippen MR) is 68.5 cm³/mol. The Morgan fingerprint density at radius 3 is 2.78 bits per heavy atom. The molecule has 1 aromatic rings. The Kier molecular flexibility index (Phi) is 2.34. The maximum Gasteiger partial charge on any atom is 0.267 e. The van der Waals surface area contributed by atoms with Crippen molar-refractivity contribution in [3.05, 3.63) is 22.6 Å². The van der Waals surface area contributed by atoms with Crippen LogP contribution in [0.1, 0.15) is 40.0 Å². The Bertz CT molecular complexity index is 523. The fourth-order valence-electron chi connectivity index (χ4n) is 3.90. The van der Waals surface area contributed by atoms with E-state index in [0.29, 0.717) is 11.2 Å². The molecule has 0 saturated heterocycles. The number of fused-ring (bicyclic) bond motifs is 2. The average Bonchev–Trinajstić information content (AvgIpc) is 2.62. The van der Waals surface area contributed by atoms with Crippen molar-refractivity contribution in [3.8, 4) is 5.75 Å². The zero-order valence-corrected chi connectivity index (χ0v) is 11.2. The Hall–Kier alpha value is -1.32. The zero-order chi connectivity index (χ0) is 13.0. The van der Waals surface area contributed by atoms with Crippen LogP contribution in [0.25, 0.3) is 0 Å². The first-order chi connectivity index (χ1) is 8.43. The average molecular weight is 248 g/mol. The molecule has 4 nitrogen and oxygen atoms in total. The van der Waals surface area contributed by atoms with Crippen LogP contribution in [0.15, 0.2) is 17.1 Å². The lowest BCUT2D eigenvalue weighted by Crippen LogP contribution is -2.39. The van der Waals surface area contributed by atoms with Crippen LogP contribution in [0.5, 0.6) is 5.75 Å². The van der Waals surface area contributed by atoms with E-state index < -0.39 is 0 Å². The van der Waals surface area contributed by atoms with Crippen molar-refractivity contribution in [1.29, 1.82) is 0 Å². The van der Waals surface area contributed by atoms with Gasteiger partial charge in [-0.15, -0.1) is 0 Å². The summed E-state index contributed by atoms with van der Waals surface area (Å²) in [6, 6.07) is 1.48. The van der Waals surface area contributed by atoms with Gasteiger partial charge in [0.05, 0.1) is 6.20 Å². The second-order valence-electron chi connectivity index (χ2n) is 6.50. The van der Waals surface area contributed by atoms with Crippen molar-refractivity contribution in [1.82, 2.24) is 10.2 Å². The number of H-pyrrole nitrogens is 1. The molecule has 3 rings (SSSR count). The van der Waals surface area contributed by atoms with E-state index >= 15 is 0 Å². The van der Waals surface area contributed by atoms with Crippen LogP contribution in [-0.4, -0.2) is 16.3 Å². The van der Waals surface area contributed by atoms with Gasteiger partial charge in [0, 0.05) is 11.5 Å². The van der Waals surface area contributed by atoms with Crippen LogP contribution in [0, 0.1) is 16.7 Å². The predicted octanol–water partition coefficient (Wildman–Crippen LogP) is 2.36. The maximum atomic E-state index is 11.2. The van der Waals surface area contributed by atoms with E-state index in [1.165, 1.54) is 18.9 Å². The van der Waals surface area contributed by atoms with E-state index in [4.69, 9.17) is 4.74 Å². The molecule has 0 spiro atoms. The SMILES string of the molecule is CC1(C)C2CCC1(C)C(Oc1cn[nH]c(=O)c1)C2. The molecule has 4 heteroatoms. The van der Waals surface area contributed by atoms with E-state index in [0.717, 1.165) is 12.3 Å². The normalized spacial score (nSPS) is 36.8. The molecule has 0 aliphatic heterocycles. The minimum Gasteiger partial charge on any atom is -0.488 e. The lowest BCUT2D eigenvalue weighted by molar-refractivity contribution is 0.0298. The van der Waals surface area contributed by atoms with Crippen LogP contribution in [-0.2, 0) is 0 Å². The topological polar surface area (TPSA) is 55.0 Å². The van der Waals surface area contributed by atoms with E-state index in [-0.39, 0.29) is 17.1 Å². The Labute approximate surface area is 107 Å². The molecule has 0 amide bonds. The third-order valence-corrected chi connectivity index (χ3v) is 5.63. The molecule has 1 heterocycles. The Morgan fingerprint density at radius 2 is 2.22 bits per heavy atom. The van der Waals surface area contributed by atoms with Gasteiger partial charge in [-0.2, -0.15) is 5.10 Å². The summed E-state index contributed by atoms with van der Waals surface area (Å²) in [6.45, 7) is 7.03. The second kappa shape index (κ2) is 3.59. The van der Waals surface area contributed by atoms with E-state index in [2.05, 4.69) is 31.0 Å². The maximum absolute atomic E-state index is 11.2. The standard InChI is InChI=1S/C14H20N2O2/c1-13(2)9-4-5-14(13,3)11(6-9)18-10-7-12(17)16-15-8-10/h7-9,11H,4-6H2,1-3H3,(H,16,17). The quantitative estimate of drug-likeness (QED) is 0.874. The summed E-state index contributed by atoms with van der Waals surface area (Å²) >= 11 is 0. The summed E-state index contributed by atoms with van der Waals surface area (Å²) in [5.41, 5.74) is 0.326. The summed E-state index contributed by atoms with van der Waals surface area (Å²) in [5, 5.41) is 6.16. The van der Waals surface area contributed by atoms with Crippen LogP contribution in [0.4, 0.5) is 0 Å². The fraction of sp³-hybridized carbons (Fsp3) is 0.714. The first-order valence-corrected chi connectivity index (χ1v) is 6.65. The minimum absolute atomic E-state index is 0.204. The van der Waals surface area contributed by atoms with E-state index in [1.807, 2.05) is 0 Å².